The minimum Gasteiger partial charge on any atom is -0.467 e. The molecule has 0 unspecified atom stereocenters. The van der Waals surface area contributed by atoms with Crippen molar-refractivity contribution in [1.29, 1.82) is 0 Å². The minimum atomic E-state index is -0.745. The zero-order chi connectivity index (χ0) is 14.3. The predicted octanol–water partition coefficient (Wildman–Crippen LogP) is 1.83. The highest BCUT2D eigenvalue weighted by Gasteiger charge is 2.22. The number of alkyl carbamates (subject to hydrolysis) is 1. The fourth-order valence-corrected chi connectivity index (χ4v) is 1.71. The first-order chi connectivity index (χ1) is 9.08. The second kappa shape index (κ2) is 7.41. The smallest absolute Gasteiger partial charge is 0.407 e. The molecule has 1 aromatic rings. The summed E-state index contributed by atoms with van der Waals surface area (Å²) in [5.74, 6) is -0.490. The van der Waals surface area contributed by atoms with E-state index in [1.807, 2.05) is 31.2 Å². The van der Waals surface area contributed by atoms with E-state index in [1.54, 1.807) is 6.92 Å². The third-order valence-electron chi connectivity index (χ3n) is 2.74. The Morgan fingerprint density at radius 3 is 2.58 bits per heavy atom. The fraction of sp³-hybridized carbons (Fsp3) is 0.429. The van der Waals surface area contributed by atoms with Gasteiger partial charge < -0.3 is 14.8 Å². The average Bonchev–Trinajstić information content (AvgIpc) is 2.39. The van der Waals surface area contributed by atoms with Crippen LogP contribution in [0.15, 0.2) is 24.3 Å². The van der Waals surface area contributed by atoms with Gasteiger partial charge in [-0.3, -0.25) is 0 Å². The molecule has 1 N–H and O–H groups in total. The molecule has 0 spiro atoms. The van der Waals surface area contributed by atoms with Gasteiger partial charge in [-0.25, -0.2) is 9.59 Å². The van der Waals surface area contributed by atoms with Crippen LogP contribution in [-0.2, 0) is 20.7 Å². The molecule has 0 heterocycles. The van der Waals surface area contributed by atoms with E-state index < -0.39 is 18.1 Å². The van der Waals surface area contributed by atoms with E-state index in [1.165, 1.54) is 7.11 Å². The first-order valence-electron chi connectivity index (χ1n) is 6.14. The van der Waals surface area contributed by atoms with E-state index in [-0.39, 0.29) is 6.61 Å². The molecule has 5 nitrogen and oxygen atoms in total. The van der Waals surface area contributed by atoms with Gasteiger partial charge in [0.25, 0.3) is 0 Å². The second-order valence-corrected chi connectivity index (χ2v) is 4.07. The summed E-state index contributed by atoms with van der Waals surface area (Å²) in [6.07, 6.45) is -0.246. The molecule has 1 amide bonds. The lowest BCUT2D eigenvalue weighted by Gasteiger charge is -2.17. The number of carbonyl (C=O) groups is 2. The summed E-state index contributed by atoms with van der Waals surface area (Å²) in [5, 5.41) is 2.51. The maximum atomic E-state index is 11.7. The number of benzene rings is 1. The van der Waals surface area contributed by atoms with Crippen LogP contribution in [0, 0.1) is 6.92 Å². The molecule has 0 aliphatic carbocycles. The van der Waals surface area contributed by atoms with Crippen molar-refractivity contribution in [2.75, 3.05) is 13.7 Å². The number of hydrogen-bond acceptors (Lipinski definition) is 4. The summed E-state index contributed by atoms with van der Waals surface area (Å²) in [4.78, 5) is 23.1. The number of esters is 1. The van der Waals surface area contributed by atoms with E-state index in [0.29, 0.717) is 6.42 Å². The van der Waals surface area contributed by atoms with Crippen LogP contribution < -0.4 is 5.32 Å². The summed E-state index contributed by atoms with van der Waals surface area (Å²) in [5.41, 5.74) is 2.04. The quantitative estimate of drug-likeness (QED) is 0.825. The van der Waals surface area contributed by atoms with E-state index in [4.69, 9.17) is 9.47 Å². The van der Waals surface area contributed by atoms with Gasteiger partial charge in [0.1, 0.15) is 6.04 Å². The molecule has 0 saturated carbocycles. The highest BCUT2D eigenvalue weighted by atomic mass is 16.6. The largest absolute Gasteiger partial charge is 0.467 e. The lowest BCUT2D eigenvalue weighted by Crippen LogP contribution is -2.43. The Morgan fingerprint density at radius 1 is 1.32 bits per heavy atom. The molecule has 5 heteroatoms. The molecule has 0 radical (unpaired) electrons. The van der Waals surface area contributed by atoms with Gasteiger partial charge in [0.15, 0.2) is 0 Å². The number of carbonyl (C=O) groups excluding carboxylic acids is 2. The van der Waals surface area contributed by atoms with E-state index in [0.717, 1.165) is 11.1 Å². The van der Waals surface area contributed by atoms with Crippen LogP contribution in [0.1, 0.15) is 18.1 Å². The molecular weight excluding hydrogens is 246 g/mol. The monoisotopic (exact) mass is 265 g/mol. The van der Waals surface area contributed by atoms with Crippen molar-refractivity contribution in [3.05, 3.63) is 35.4 Å². The van der Waals surface area contributed by atoms with Gasteiger partial charge in [0.2, 0.25) is 0 Å². The average molecular weight is 265 g/mol. The van der Waals surface area contributed by atoms with Crippen molar-refractivity contribution < 1.29 is 19.1 Å². The second-order valence-electron chi connectivity index (χ2n) is 4.07. The molecule has 0 fully saturated rings. The van der Waals surface area contributed by atoms with Crippen molar-refractivity contribution in [1.82, 2.24) is 5.32 Å². The van der Waals surface area contributed by atoms with Gasteiger partial charge in [-0.1, -0.05) is 24.3 Å². The maximum Gasteiger partial charge on any atom is 0.407 e. The van der Waals surface area contributed by atoms with Crippen LogP contribution in [0.3, 0.4) is 0 Å². The van der Waals surface area contributed by atoms with Crippen molar-refractivity contribution in [3.8, 4) is 0 Å². The van der Waals surface area contributed by atoms with Crippen molar-refractivity contribution in [3.63, 3.8) is 0 Å². The summed E-state index contributed by atoms with van der Waals surface area (Å²) in [6, 6.07) is 6.93. The number of methoxy groups -OCH3 is 1. The third-order valence-corrected chi connectivity index (χ3v) is 2.74. The highest BCUT2D eigenvalue weighted by Crippen LogP contribution is 2.10. The van der Waals surface area contributed by atoms with Gasteiger partial charge in [-0.05, 0) is 25.0 Å². The van der Waals surface area contributed by atoms with Crippen LogP contribution >= 0.6 is 0 Å². The van der Waals surface area contributed by atoms with Gasteiger partial charge in [-0.2, -0.15) is 0 Å². The van der Waals surface area contributed by atoms with E-state index >= 15 is 0 Å². The van der Waals surface area contributed by atoms with Crippen LogP contribution in [0.5, 0.6) is 0 Å². The van der Waals surface area contributed by atoms with Crippen LogP contribution in [-0.4, -0.2) is 31.8 Å². The van der Waals surface area contributed by atoms with E-state index in [9.17, 15) is 9.59 Å². The van der Waals surface area contributed by atoms with Gasteiger partial charge in [-0.15, -0.1) is 0 Å². The Balaban J connectivity index is 2.78. The zero-order valence-electron chi connectivity index (χ0n) is 11.4. The molecule has 0 aliphatic heterocycles. The van der Waals surface area contributed by atoms with Crippen molar-refractivity contribution >= 4 is 12.1 Å². The summed E-state index contributed by atoms with van der Waals surface area (Å²) in [6.45, 7) is 3.91. The zero-order valence-corrected chi connectivity index (χ0v) is 11.4. The Kier molecular flexibility index (Phi) is 5.85. The molecular formula is C14H19NO4. The summed E-state index contributed by atoms with van der Waals surface area (Å²) in [7, 11) is 1.29. The van der Waals surface area contributed by atoms with Crippen LogP contribution in [0.25, 0.3) is 0 Å². The number of rotatable bonds is 5. The molecule has 0 saturated heterocycles. The van der Waals surface area contributed by atoms with Crippen molar-refractivity contribution in [2.45, 2.75) is 26.3 Å². The summed E-state index contributed by atoms with van der Waals surface area (Å²) >= 11 is 0. The lowest BCUT2D eigenvalue weighted by atomic mass is 10.0. The molecule has 0 aliphatic rings. The standard InChI is InChI=1S/C14H19NO4/c1-4-19-14(17)15-12(13(16)18-3)9-11-8-6-5-7-10(11)2/h5-8,12H,4,9H2,1-3H3,(H,15,17)/t12-/m1/s1. The van der Waals surface area contributed by atoms with Crippen LogP contribution in [0.2, 0.25) is 0 Å². The van der Waals surface area contributed by atoms with Gasteiger partial charge >= 0.3 is 12.1 Å². The molecule has 0 aromatic heterocycles. The Hall–Kier alpha value is -2.04. The number of ether oxygens (including phenoxy) is 2. The topological polar surface area (TPSA) is 64.6 Å². The predicted molar refractivity (Wildman–Crippen MR) is 70.8 cm³/mol. The SMILES string of the molecule is CCOC(=O)N[C@H](Cc1ccccc1C)C(=O)OC. The van der Waals surface area contributed by atoms with Crippen molar-refractivity contribution in [2.24, 2.45) is 0 Å². The fourth-order valence-electron chi connectivity index (χ4n) is 1.71. The Labute approximate surface area is 112 Å². The lowest BCUT2D eigenvalue weighted by molar-refractivity contribution is -0.142. The first-order valence-corrected chi connectivity index (χ1v) is 6.14. The molecule has 19 heavy (non-hydrogen) atoms. The molecule has 0 bridgehead atoms. The van der Waals surface area contributed by atoms with Gasteiger partial charge in [0, 0.05) is 6.42 Å². The molecule has 1 atom stereocenters. The maximum absolute atomic E-state index is 11.7. The number of amides is 1. The van der Waals surface area contributed by atoms with Gasteiger partial charge in [0.05, 0.1) is 13.7 Å². The molecule has 104 valence electrons. The summed E-state index contributed by atoms with van der Waals surface area (Å²) < 4.78 is 9.47. The normalized spacial score (nSPS) is 11.5. The molecule has 1 rings (SSSR count). The Bertz CT molecular complexity index is 445. The third kappa shape index (κ3) is 4.62. The number of aryl methyl sites for hydroxylation is 1. The highest BCUT2D eigenvalue weighted by molar-refractivity contribution is 5.81. The van der Waals surface area contributed by atoms with E-state index in [2.05, 4.69) is 5.32 Å². The van der Waals surface area contributed by atoms with Crippen LogP contribution in [0.4, 0.5) is 4.79 Å². The first kappa shape index (κ1) is 15.0. The Morgan fingerprint density at radius 2 is 2.00 bits per heavy atom. The number of hydrogen-bond donors (Lipinski definition) is 1. The number of nitrogens with one attached hydrogen (secondary N) is 1. The minimum absolute atomic E-state index is 0.254. The molecule has 1 aromatic carbocycles.